The highest BCUT2D eigenvalue weighted by molar-refractivity contribution is 5.26. The molecule has 2 nitrogen and oxygen atoms in total. The van der Waals surface area contributed by atoms with Crippen molar-refractivity contribution in [1.29, 1.82) is 0 Å². The van der Waals surface area contributed by atoms with Gasteiger partial charge in [-0.15, -0.1) is 0 Å². The quantitative estimate of drug-likeness (QED) is 0.889. The second-order valence-electron chi connectivity index (χ2n) is 6.50. The Balaban J connectivity index is 1.53. The fourth-order valence-electron chi connectivity index (χ4n) is 3.16. The monoisotopic (exact) mass is 276 g/mol. The first kappa shape index (κ1) is 14.0. The Labute approximate surface area is 121 Å². The van der Waals surface area contributed by atoms with Crippen LogP contribution in [0.2, 0.25) is 0 Å². The number of likely N-dealkylation sites (tertiary alicyclic amines) is 1. The SMILES string of the molecule is Cc1cc(F)ccc1CN1CCCC(CNC2CC2)C1. The zero-order valence-electron chi connectivity index (χ0n) is 12.4. The molecule has 2 aliphatic rings. The fraction of sp³-hybridized carbons (Fsp3) is 0.647. The lowest BCUT2D eigenvalue weighted by Gasteiger charge is -2.33. The molecule has 1 heterocycles. The average Bonchev–Trinajstić information content (AvgIpc) is 3.24. The van der Waals surface area contributed by atoms with E-state index in [4.69, 9.17) is 0 Å². The van der Waals surface area contributed by atoms with E-state index in [0.29, 0.717) is 0 Å². The first-order valence-electron chi connectivity index (χ1n) is 7.91. The van der Waals surface area contributed by atoms with Crippen molar-refractivity contribution in [1.82, 2.24) is 10.2 Å². The van der Waals surface area contributed by atoms with E-state index in [9.17, 15) is 4.39 Å². The van der Waals surface area contributed by atoms with Crippen LogP contribution in [0.5, 0.6) is 0 Å². The molecule has 3 rings (SSSR count). The van der Waals surface area contributed by atoms with Crippen LogP contribution < -0.4 is 5.32 Å². The van der Waals surface area contributed by atoms with Gasteiger partial charge in [0.1, 0.15) is 5.82 Å². The van der Waals surface area contributed by atoms with Crippen LogP contribution in [0, 0.1) is 18.7 Å². The molecule has 0 spiro atoms. The van der Waals surface area contributed by atoms with Gasteiger partial charge in [0.05, 0.1) is 0 Å². The Morgan fingerprint density at radius 3 is 2.90 bits per heavy atom. The summed E-state index contributed by atoms with van der Waals surface area (Å²) in [6, 6.07) is 5.98. The van der Waals surface area contributed by atoms with Gasteiger partial charge in [-0.1, -0.05) is 6.07 Å². The molecule has 0 amide bonds. The van der Waals surface area contributed by atoms with Gasteiger partial charge in [-0.25, -0.2) is 4.39 Å². The maximum Gasteiger partial charge on any atom is 0.123 e. The third-order valence-corrected chi connectivity index (χ3v) is 4.57. The minimum absolute atomic E-state index is 0.128. The van der Waals surface area contributed by atoms with E-state index in [1.54, 1.807) is 12.1 Å². The van der Waals surface area contributed by atoms with Gasteiger partial charge in [0.15, 0.2) is 0 Å². The molecule has 1 unspecified atom stereocenters. The number of hydrogen-bond acceptors (Lipinski definition) is 2. The zero-order valence-corrected chi connectivity index (χ0v) is 12.4. The van der Waals surface area contributed by atoms with Gasteiger partial charge in [-0.3, -0.25) is 4.90 Å². The van der Waals surface area contributed by atoms with Crippen molar-refractivity contribution in [3.8, 4) is 0 Å². The summed E-state index contributed by atoms with van der Waals surface area (Å²) in [5, 5.41) is 3.65. The fourth-order valence-corrected chi connectivity index (χ4v) is 3.16. The lowest BCUT2D eigenvalue weighted by molar-refractivity contribution is 0.165. The summed E-state index contributed by atoms with van der Waals surface area (Å²) >= 11 is 0. The van der Waals surface area contributed by atoms with Crippen molar-refractivity contribution in [3.05, 3.63) is 35.1 Å². The Bertz CT molecular complexity index is 456. The van der Waals surface area contributed by atoms with E-state index in [1.165, 1.54) is 50.9 Å². The summed E-state index contributed by atoms with van der Waals surface area (Å²) in [6.07, 6.45) is 5.37. The summed E-state index contributed by atoms with van der Waals surface area (Å²) in [5.74, 6) is 0.654. The molecular weight excluding hydrogens is 251 g/mol. The second kappa shape index (κ2) is 6.23. The van der Waals surface area contributed by atoms with Crippen LogP contribution in [-0.2, 0) is 6.54 Å². The second-order valence-corrected chi connectivity index (χ2v) is 6.50. The van der Waals surface area contributed by atoms with Gasteiger partial charge in [0, 0.05) is 19.1 Å². The molecule has 0 aromatic heterocycles. The molecule has 1 aromatic carbocycles. The van der Waals surface area contributed by atoms with E-state index in [0.717, 1.165) is 24.1 Å². The van der Waals surface area contributed by atoms with Crippen LogP contribution in [0.1, 0.15) is 36.8 Å². The summed E-state index contributed by atoms with van der Waals surface area (Å²) in [7, 11) is 0. The number of piperidine rings is 1. The van der Waals surface area contributed by atoms with Crippen LogP contribution in [0.3, 0.4) is 0 Å². The maximum absolute atomic E-state index is 13.1. The van der Waals surface area contributed by atoms with E-state index in [-0.39, 0.29) is 5.82 Å². The van der Waals surface area contributed by atoms with E-state index in [1.807, 2.05) is 13.0 Å². The summed E-state index contributed by atoms with van der Waals surface area (Å²) in [5.41, 5.74) is 2.34. The van der Waals surface area contributed by atoms with Gasteiger partial charge in [-0.05, 0) is 74.9 Å². The Hall–Kier alpha value is -0.930. The first-order valence-corrected chi connectivity index (χ1v) is 7.91. The number of nitrogens with one attached hydrogen (secondary N) is 1. The Kier molecular flexibility index (Phi) is 4.37. The summed E-state index contributed by atoms with van der Waals surface area (Å²) in [6.45, 7) is 6.50. The highest BCUT2D eigenvalue weighted by Crippen LogP contribution is 2.22. The molecule has 0 bridgehead atoms. The largest absolute Gasteiger partial charge is 0.314 e. The molecular formula is C17H25FN2. The topological polar surface area (TPSA) is 15.3 Å². The average molecular weight is 276 g/mol. The standard InChI is InChI=1S/C17H25FN2/c1-13-9-16(18)5-4-15(13)12-20-8-2-3-14(11-20)10-19-17-6-7-17/h4-5,9,14,17,19H,2-3,6-8,10-12H2,1H3. The Morgan fingerprint density at radius 1 is 1.30 bits per heavy atom. The molecule has 110 valence electrons. The minimum Gasteiger partial charge on any atom is -0.314 e. The number of nitrogens with zero attached hydrogens (tertiary/aromatic N) is 1. The number of aryl methyl sites for hydroxylation is 1. The molecule has 1 aromatic rings. The number of rotatable bonds is 5. The van der Waals surface area contributed by atoms with Crippen LogP contribution in [0.4, 0.5) is 4.39 Å². The van der Waals surface area contributed by atoms with Crippen LogP contribution in [0.15, 0.2) is 18.2 Å². The van der Waals surface area contributed by atoms with E-state index in [2.05, 4.69) is 10.2 Å². The molecule has 1 N–H and O–H groups in total. The number of halogens is 1. The molecule has 1 saturated carbocycles. The van der Waals surface area contributed by atoms with Crippen molar-refractivity contribution in [2.75, 3.05) is 19.6 Å². The number of benzene rings is 1. The minimum atomic E-state index is -0.128. The van der Waals surface area contributed by atoms with Crippen molar-refractivity contribution in [3.63, 3.8) is 0 Å². The molecule has 1 aliphatic heterocycles. The van der Waals surface area contributed by atoms with Crippen LogP contribution in [-0.4, -0.2) is 30.6 Å². The normalized spacial score (nSPS) is 24.0. The molecule has 2 fully saturated rings. The molecule has 20 heavy (non-hydrogen) atoms. The zero-order chi connectivity index (χ0) is 13.9. The lowest BCUT2D eigenvalue weighted by Crippen LogP contribution is -2.39. The van der Waals surface area contributed by atoms with E-state index < -0.39 is 0 Å². The highest BCUT2D eigenvalue weighted by Gasteiger charge is 2.24. The van der Waals surface area contributed by atoms with Crippen LogP contribution in [0.25, 0.3) is 0 Å². The van der Waals surface area contributed by atoms with Gasteiger partial charge >= 0.3 is 0 Å². The van der Waals surface area contributed by atoms with Crippen molar-refractivity contribution in [2.24, 2.45) is 5.92 Å². The summed E-state index contributed by atoms with van der Waals surface area (Å²) in [4.78, 5) is 2.53. The van der Waals surface area contributed by atoms with Gasteiger partial charge in [0.25, 0.3) is 0 Å². The molecule has 1 saturated heterocycles. The van der Waals surface area contributed by atoms with Gasteiger partial charge in [0.2, 0.25) is 0 Å². The van der Waals surface area contributed by atoms with Crippen molar-refractivity contribution < 1.29 is 4.39 Å². The Morgan fingerprint density at radius 2 is 2.15 bits per heavy atom. The highest BCUT2D eigenvalue weighted by atomic mass is 19.1. The van der Waals surface area contributed by atoms with Crippen LogP contribution >= 0.6 is 0 Å². The first-order chi connectivity index (χ1) is 9.70. The molecule has 1 atom stereocenters. The van der Waals surface area contributed by atoms with Crippen molar-refractivity contribution in [2.45, 2.75) is 45.2 Å². The number of hydrogen-bond donors (Lipinski definition) is 1. The molecule has 3 heteroatoms. The predicted molar refractivity (Wildman–Crippen MR) is 80.2 cm³/mol. The maximum atomic E-state index is 13.1. The summed E-state index contributed by atoms with van der Waals surface area (Å²) < 4.78 is 13.1. The van der Waals surface area contributed by atoms with Gasteiger partial charge < -0.3 is 5.32 Å². The molecule has 1 aliphatic carbocycles. The van der Waals surface area contributed by atoms with Gasteiger partial charge in [-0.2, -0.15) is 0 Å². The smallest absolute Gasteiger partial charge is 0.123 e. The lowest BCUT2D eigenvalue weighted by atomic mass is 9.97. The third-order valence-electron chi connectivity index (χ3n) is 4.57. The van der Waals surface area contributed by atoms with Crippen molar-refractivity contribution >= 4 is 0 Å². The van der Waals surface area contributed by atoms with E-state index >= 15 is 0 Å². The molecule has 0 radical (unpaired) electrons. The predicted octanol–water partition coefficient (Wildman–Crippen LogP) is 3.10. The third kappa shape index (κ3) is 3.80.